The third kappa shape index (κ3) is 7.65. The summed E-state index contributed by atoms with van der Waals surface area (Å²) in [5.74, 6) is -0.429. The van der Waals surface area contributed by atoms with Gasteiger partial charge in [0.15, 0.2) is 5.15 Å². The number of carbonyl (C=O) groups excluding carboxylic acids is 2. The summed E-state index contributed by atoms with van der Waals surface area (Å²) in [7, 11) is 1.28. The van der Waals surface area contributed by atoms with Crippen LogP contribution in [0.25, 0.3) is 11.1 Å². The lowest BCUT2D eigenvalue weighted by Crippen LogP contribution is -2.36. The Bertz CT molecular complexity index is 1200. The molecule has 0 aliphatic heterocycles. The fourth-order valence-corrected chi connectivity index (χ4v) is 3.46. The van der Waals surface area contributed by atoms with Crippen molar-refractivity contribution in [3.8, 4) is 11.1 Å². The lowest BCUT2D eigenvalue weighted by Gasteiger charge is -2.24. The molecule has 0 fully saturated rings. The van der Waals surface area contributed by atoms with Gasteiger partial charge in [-0.3, -0.25) is 5.32 Å². The number of aromatic nitrogens is 2. The van der Waals surface area contributed by atoms with Gasteiger partial charge in [-0.05, 0) is 62.2 Å². The van der Waals surface area contributed by atoms with Gasteiger partial charge in [0, 0.05) is 17.7 Å². The predicted octanol–water partition coefficient (Wildman–Crippen LogP) is 5.92. The molecule has 8 nitrogen and oxygen atoms in total. The summed E-state index contributed by atoms with van der Waals surface area (Å²) in [5, 5.41) is 13.8. The van der Waals surface area contributed by atoms with Crippen LogP contribution in [0.5, 0.6) is 0 Å². The molecule has 3 aromatic rings. The molecule has 1 heterocycles. The molecule has 184 valence electrons. The number of nitrogens with zero attached hydrogens (tertiary/aromatic N) is 2. The summed E-state index contributed by atoms with van der Waals surface area (Å²) in [6.45, 7) is 5.27. The molecule has 0 saturated heterocycles. The number of hydrogen-bond acceptors (Lipinski definition) is 6. The van der Waals surface area contributed by atoms with Crippen molar-refractivity contribution < 1.29 is 23.5 Å². The number of rotatable bonds is 6. The SMILES string of the molecule is COC(=O)Nc1ccc(-c2cc(CC(NC(=O)OC(C)(C)C)c3cccc(F)c3)nnc2Cl)cc1. The molecular weight excluding hydrogens is 475 g/mol. The van der Waals surface area contributed by atoms with E-state index in [1.165, 1.54) is 19.2 Å². The molecule has 0 spiro atoms. The smallest absolute Gasteiger partial charge is 0.411 e. The number of benzene rings is 2. The fourth-order valence-electron chi connectivity index (χ4n) is 3.26. The van der Waals surface area contributed by atoms with E-state index in [0.29, 0.717) is 22.5 Å². The Labute approximate surface area is 207 Å². The van der Waals surface area contributed by atoms with E-state index in [4.69, 9.17) is 16.3 Å². The first kappa shape index (κ1) is 25.9. The standard InChI is InChI=1S/C25H26ClFN4O4/c1-25(2,3)35-24(33)29-21(16-6-5-7-17(27)12-16)14-19-13-20(22(26)31-30-19)15-8-10-18(11-9-15)28-23(32)34-4/h5-13,21H,14H2,1-4H3,(H,28,32)(H,29,33). The van der Waals surface area contributed by atoms with E-state index in [1.54, 1.807) is 63.2 Å². The maximum atomic E-state index is 13.9. The number of ether oxygens (including phenoxy) is 2. The topological polar surface area (TPSA) is 102 Å². The van der Waals surface area contributed by atoms with E-state index in [2.05, 4.69) is 25.6 Å². The van der Waals surface area contributed by atoms with Crippen LogP contribution in [-0.2, 0) is 15.9 Å². The number of halogens is 2. The minimum absolute atomic E-state index is 0.185. The monoisotopic (exact) mass is 500 g/mol. The molecule has 0 radical (unpaired) electrons. The van der Waals surface area contributed by atoms with Crippen LogP contribution >= 0.6 is 11.6 Å². The molecular formula is C25H26ClFN4O4. The highest BCUT2D eigenvalue weighted by Crippen LogP contribution is 2.29. The molecule has 0 aliphatic rings. The first-order valence-corrected chi connectivity index (χ1v) is 11.1. The number of alkyl carbamates (subject to hydrolysis) is 1. The summed E-state index contributed by atoms with van der Waals surface area (Å²) in [4.78, 5) is 23.9. The van der Waals surface area contributed by atoms with E-state index < -0.39 is 29.6 Å². The van der Waals surface area contributed by atoms with E-state index in [-0.39, 0.29) is 11.6 Å². The van der Waals surface area contributed by atoms with E-state index in [0.717, 1.165) is 5.56 Å². The average Bonchev–Trinajstić information content (AvgIpc) is 2.79. The van der Waals surface area contributed by atoms with Crippen molar-refractivity contribution in [2.45, 2.75) is 38.8 Å². The van der Waals surface area contributed by atoms with E-state index in [1.807, 2.05) is 0 Å². The quantitative estimate of drug-likeness (QED) is 0.435. The number of carbonyl (C=O) groups is 2. The van der Waals surface area contributed by atoms with Crippen molar-refractivity contribution in [1.82, 2.24) is 15.5 Å². The summed E-state index contributed by atoms with van der Waals surface area (Å²) >= 11 is 6.31. The highest BCUT2D eigenvalue weighted by molar-refractivity contribution is 6.32. The molecule has 0 saturated carbocycles. The van der Waals surface area contributed by atoms with Crippen molar-refractivity contribution in [3.05, 3.63) is 76.8 Å². The van der Waals surface area contributed by atoms with Gasteiger partial charge in [0.05, 0.1) is 18.8 Å². The summed E-state index contributed by atoms with van der Waals surface area (Å²) in [6.07, 6.45) is -1.01. The largest absolute Gasteiger partial charge is 0.453 e. The lowest BCUT2D eigenvalue weighted by atomic mass is 10.00. The van der Waals surface area contributed by atoms with Gasteiger partial charge in [0.1, 0.15) is 11.4 Å². The molecule has 35 heavy (non-hydrogen) atoms. The van der Waals surface area contributed by atoms with E-state index in [9.17, 15) is 14.0 Å². The second-order valence-electron chi connectivity index (χ2n) is 8.69. The molecule has 2 N–H and O–H groups in total. The first-order chi connectivity index (χ1) is 16.5. The van der Waals surface area contributed by atoms with Crippen LogP contribution in [0.1, 0.15) is 38.1 Å². The second kappa shape index (κ2) is 11.1. The maximum Gasteiger partial charge on any atom is 0.411 e. The fraction of sp³-hybridized carbons (Fsp3) is 0.280. The zero-order chi connectivity index (χ0) is 25.6. The Morgan fingerprint density at radius 3 is 2.40 bits per heavy atom. The molecule has 0 bridgehead atoms. The molecule has 1 aromatic heterocycles. The van der Waals surface area contributed by atoms with Gasteiger partial charge in [-0.25, -0.2) is 14.0 Å². The van der Waals surface area contributed by atoms with E-state index >= 15 is 0 Å². The summed E-state index contributed by atoms with van der Waals surface area (Å²) < 4.78 is 23.9. The lowest BCUT2D eigenvalue weighted by molar-refractivity contribution is 0.0503. The summed E-state index contributed by atoms with van der Waals surface area (Å²) in [5.41, 5.74) is 2.27. The Balaban J connectivity index is 1.87. The van der Waals surface area contributed by atoms with Crippen molar-refractivity contribution in [3.63, 3.8) is 0 Å². The highest BCUT2D eigenvalue weighted by atomic mass is 35.5. The van der Waals surface area contributed by atoms with Gasteiger partial charge in [-0.15, -0.1) is 5.10 Å². The third-order valence-electron chi connectivity index (χ3n) is 4.78. The van der Waals surface area contributed by atoms with Crippen LogP contribution in [0.2, 0.25) is 5.15 Å². The average molecular weight is 501 g/mol. The molecule has 0 aliphatic carbocycles. The number of methoxy groups -OCH3 is 1. The Morgan fingerprint density at radius 2 is 1.77 bits per heavy atom. The van der Waals surface area contributed by atoms with Gasteiger partial charge in [0.2, 0.25) is 0 Å². The minimum atomic E-state index is -0.696. The van der Waals surface area contributed by atoms with Crippen molar-refractivity contribution >= 4 is 29.5 Å². The number of amides is 2. The maximum absolute atomic E-state index is 13.9. The van der Waals surface area contributed by atoms with Gasteiger partial charge in [-0.1, -0.05) is 35.9 Å². The third-order valence-corrected chi connectivity index (χ3v) is 5.06. The van der Waals surface area contributed by atoms with Gasteiger partial charge < -0.3 is 14.8 Å². The first-order valence-electron chi connectivity index (χ1n) is 10.8. The molecule has 1 unspecified atom stereocenters. The van der Waals surface area contributed by atoms with Crippen LogP contribution in [-0.4, -0.2) is 35.1 Å². The Kier molecular flexibility index (Phi) is 8.24. The number of anilines is 1. The zero-order valence-electron chi connectivity index (χ0n) is 19.8. The van der Waals surface area contributed by atoms with Gasteiger partial charge >= 0.3 is 12.2 Å². The summed E-state index contributed by atoms with van der Waals surface area (Å²) in [6, 6.07) is 14.0. The number of hydrogen-bond donors (Lipinski definition) is 2. The van der Waals surface area contributed by atoms with Crippen LogP contribution in [0, 0.1) is 5.82 Å². The second-order valence-corrected chi connectivity index (χ2v) is 9.05. The van der Waals surface area contributed by atoms with Gasteiger partial charge in [-0.2, -0.15) is 5.10 Å². The van der Waals surface area contributed by atoms with Crippen LogP contribution in [0.15, 0.2) is 54.6 Å². The van der Waals surface area contributed by atoms with Crippen molar-refractivity contribution in [1.29, 1.82) is 0 Å². The predicted molar refractivity (Wildman–Crippen MR) is 131 cm³/mol. The van der Waals surface area contributed by atoms with Crippen LogP contribution in [0.4, 0.5) is 19.7 Å². The highest BCUT2D eigenvalue weighted by Gasteiger charge is 2.22. The Morgan fingerprint density at radius 1 is 1.06 bits per heavy atom. The van der Waals surface area contributed by atoms with Crippen molar-refractivity contribution in [2.24, 2.45) is 0 Å². The van der Waals surface area contributed by atoms with Gasteiger partial charge in [0.25, 0.3) is 0 Å². The minimum Gasteiger partial charge on any atom is -0.453 e. The zero-order valence-corrected chi connectivity index (χ0v) is 20.5. The molecule has 2 aromatic carbocycles. The molecule has 1 atom stereocenters. The Hall–Kier alpha value is -3.72. The number of nitrogens with one attached hydrogen (secondary N) is 2. The normalized spacial score (nSPS) is 11.9. The molecule has 2 amide bonds. The van der Waals surface area contributed by atoms with Crippen LogP contribution < -0.4 is 10.6 Å². The van der Waals surface area contributed by atoms with Crippen molar-refractivity contribution in [2.75, 3.05) is 12.4 Å². The molecule has 10 heteroatoms. The molecule has 3 rings (SSSR count). The van der Waals surface area contributed by atoms with Crippen LogP contribution in [0.3, 0.4) is 0 Å².